The zero-order valence-electron chi connectivity index (χ0n) is 11.5. The number of non-ortho nitro benzene ring substituents is 1. The van der Waals surface area contributed by atoms with Crippen LogP contribution in [0, 0.1) is 10.1 Å². The van der Waals surface area contributed by atoms with Crippen LogP contribution in [0.4, 0.5) is 11.4 Å². The van der Waals surface area contributed by atoms with Gasteiger partial charge in [0.1, 0.15) is 0 Å². The van der Waals surface area contributed by atoms with Crippen LogP contribution in [0.3, 0.4) is 0 Å². The van der Waals surface area contributed by atoms with Crippen molar-refractivity contribution in [1.29, 1.82) is 0 Å². The van der Waals surface area contributed by atoms with Crippen LogP contribution in [0.5, 0.6) is 0 Å². The van der Waals surface area contributed by atoms with E-state index in [4.69, 9.17) is 5.73 Å². The molecule has 6 nitrogen and oxygen atoms in total. The molecule has 0 bridgehead atoms. The van der Waals surface area contributed by atoms with Crippen molar-refractivity contribution in [2.75, 3.05) is 12.3 Å². The summed E-state index contributed by atoms with van der Waals surface area (Å²) in [4.78, 5) is 24.7. The fourth-order valence-corrected chi connectivity index (χ4v) is 2.16. The van der Waals surface area contributed by atoms with Gasteiger partial charge in [0.05, 0.1) is 10.5 Å². The molecule has 0 saturated heterocycles. The summed E-state index contributed by atoms with van der Waals surface area (Å²) >= 11 is 0. The molecule has 1 aromatic rings. The highest BCUT2D eigenvalue weighted by molar-refractivity contribution is 6.00. The van der Waals surface area contributed by atoms with Gasteiger partial charge in [0, 0.05) is 30.4 Å². The minimum Gasteiger partial charge on any atom is -0.398 e. The molecule has 2 rings (SSSR count). The van der Waals surface area contributed by atoms with E-state index in [1.54, 1.807) is 4.90 Å². The molecular formula is C14H19N3O3. The summed E-state index contributed by atoms with van der Waals surface area (Å²) in [5.74, 6) is -0.192. The Morgan fingerprint density at radius 1 is 1.50 bits per heavy atom. The molecule has 0 heterocycles. The average Bonchev–Trinajstić information content (AvgIpc) is 3.23. The van der Waals surface area contributed by atoms with Crippen LogP contribution < -0.4 is 5.73 Å². The molecule has 0 spiro atoms. The number of nitro groups is 1. The van der Waals surface area contributed by atoms with E-state index in [2.05, 4.69) is 6.92 Å². The van der Waals surface area contributed by atoms with Crippen LogP contribution in [0.15, 0.2) is 18.2 Å². The number of nitrogen functional groups attached to an aromatic ring is 1. The standard InChI is InChI=1S/C14H19N3O3/c1-2-3-8-16(10-4-5-10)14(18)12-9-11(17(19)20)6-7-13(12)15/h6-7,9-10H,2-5,8,15H2,1H3. The Labute approximate surface area is 117 Å². The zero-order chi connectivity index (χ0) is 14.7. The first-order valence-corrected chi connectivity index (χ1v) is 6.89. The molecular weight excluding hydrogens is 258 g/mol. The fourth-order valence-electron chi connectivity index (χ4n) is 2.16. The lowest BCUT2D eigenvalue weighted by atomic mass is 10.1. The number of nitro benzene ring substituents is 1. The van der Waals surface area contributed by atoms with Crippen molar-refractivity contribution >= 4 is 17.3 Å². The molecule has 1 aliphatic rings. The van der Waals surface area contributed by atoms with Gasteiger partial charge in [-0.25, -0.2) is 0 Å². The van der Waals surface area contributed by atoms with Crippen LogP contribution in [-0.2, 0) is 0 Å². The van der Waals surface area contributed by atoms with Crippen LogP contribution in [-0.4, -0.2) is 28.3 Å². The number of amides is 1. The van der Waals surface area contributed by atoms with Gasteiger partial charge in [0.2, 0.25) is 0 Å². The molecule has 1 saturated carbocycles. The number of benzene rings is 1. The Morgan fingerprint density at radius 3 is 2.75 bits per heavy atom. The van der Waals surface area contributed by atoms with E-state index in [1.807, 2.05) is 0 Å². The Kier molecular flexibility index (Phi) is 4.22. The summed E-state index contributed by atoms with van der Waals surface area (Å²) in [6.45, 7) is 2.75. The van der Waals surface area contributed by atoms with Crippen molar-refractivity contribution in [3.8, 4) is 0 Å². The van der Waals surface area contributed by atoms with Gasteiger partial charge in [0.15, 0.2) is 0 Å². The average molecular weight is 277 g/mol. The summed E-state index contributed by atoms with van der Waals surface area (Å²) in [7, 11) is 0. The minimum absolute atomic E-state index is 0.103. The van der Waals surface area contributed by atoms with Crippen LogP contribution in [0.1, 0.15) is 43.0 Å². The minimum atomic E-state index is -0.510. The number of carbonyl (C=O) groups is 1. The van der Waals surface area contributed by atoms with Crippen molar-refractivity contribution < 1.29 is 9.72 Å². The first-order chi connectivity index (χ1) is 9.54. The second-order valence-corrected chi connectivity index (χ2v) is 5.11. The molecule has 1 amide bonds. The second kappa shape index (κ2) is 5.90. The summed E-state index contributed by atoms with van der Waals surface area (Å²) < 4.78 is 0. The monoisotopic (exact) mass is 277 g/mol. The molecule has 1 fully saturated rings. The summed E-state index contributed by atoms with van der Waals surface area (Å²) in [5.41, 5.74) is 6.24. The molecule has 0 radical (unpaired) electrons. The summed E-state index contributed by atoms with van der Waals surface area (Å²) in [6.07, 6.45) is 3.94. The van der Waals surface area contributed by atoms with E-state index in [-0.39, 0.29) is 23.2 Å². The maximum Gasteiger partial charge on any atom is 0.270 e. The number of unbranched alkanes of at least 4 members (excludes halogenated alkanes) is 1. The smallest absolute Gasteiger partial charge is 0.270 e. The van der Waals surface area contributed by atoms with Gasteiger partial charge in [-0.1, -0.05) is 13.3 Å². The molecule has 2 N–H and O–H groups in total. The highest BCUT2D eigenvalue weighted by Crippen LogP contribution is 2.30. The molecule has 0 unspecified atom stereocenters. The summed E-state index contributed by atoms with van der Waals surface area (Å²) in [6, 6.07) is 4.29. The van der Waals surface area contributed by atoms with Gasteiger partial charge < -0.3 is 10.6 Å². The molecule has 20 heavy (non-hydrogen) atoms. The Morgan fingerprint density at radius 2 is 2.20 bits per heavy atom. The molecule has 0 atom stereocenters. The first kappa shape index (κ1) is 14.3. The number of hydrogen-bond donors (Lipinski definition) is 1. The SMILES string of the molecule is CCCCN(C(=O)c1cc([N+](=O)[O-])ccc1N)C1CC1. The largest absolute Gasteiger partial charge is 0.398 e. The third-order valence-electron chi connectivity index (χ3n) is 3.48. The van der Waals surface area contributed by atoms with E-state index in [0.29, 0.717) is 12.2 Å². The molecule has 0 aliphatic heterocycles. The van der Waals surface area contributed by atoms with Crippen molar-refractivity contribution in [3.05, 3.63) is 33.9 Å². The third-order valence-corrected chi connectivity index (χ3v) is 3.48. The Balaban J connectivity index is 2.25. The van der Waals surface area contributed by atoms with Crippen LogP contribution in [0.2, 0.25) is 0 Å². The van der Waals surface area contributed by atoms with Crippen LogP contribution >= 0.6 is 0 Å². The summed E-state index contributed by atoms with van der Waals surface area (Å²) in [5, 5.41) is 10.8. The van der Waals surface area contributed by atoms with E-state index >= 15 is 0 Å². The van der Waals surface area contributed by atoms with Crippen molar-refractivity contribution in [2.24, 2.45) is 0 Å². The molecule has 108 valence electrons. The van der Waals surface area contributed by atoms with E-state index in [0.717, 1.165) is 25.7 Å². The predicted molar refractivity (Wildman–Crippen MR) is 76.5 cm³/mol. The van der Waals surface area contributed by atoms with Gasteiger partial charge in [-0.3, -0.25) is 14.9 Å². The van der Waals surface area contributed by atoms with E-state index < -0.39 is 4.92 Å². The van der Waals surface area contributed by atoms with Gasteiger partial charge >= 0.3 is 0 Å². The highest BCUT2D eigenvalue weighted by atomic mass is 16.6. The van der Waals surface area contributed by atoms with Gasteiger partial charge in [-0.15, -0.1) is 0 Å². The number of anilines is 1. The second-order valence-electron chi connectivity index (χ2n) is 5.11. The Bertz CT molecular complexity index is 526. The number of rotatable bonds is 6. The maximum absolute atomic E-state index is 12.6. The van der Waals surface area contributed by atoms with Crippen LogP contribution in [0.25, 0.3) is 0 Å². The third kappa shape index (κ3) is 3.07. The quantitative estimate of drug-likeness (QED) is 0.491. The zero-order valence-corrected chi connectivity index (χ0v) is 11.5. The lowest BCUT2D eigenvalue weighted by Gasteiger charge is -2.22. The normalized spacial score (nSPS) is 14.1. The maximum atomic E-state index is 12.6. The lowest BCUT2D eigenvalue weighted by Crippen LogP contribution is -2.34. The fraction of sp³-hybridized carbons (Fsp3) is 0.500. The van der Waals surface area contributed by atoms with Crippen molar-refractivity contribution in [3.63, 3.8) is 0 Å². The van der Waals surface area contributed by atoms with Crippen molar-refractivity contribution in [1.82, 2.24) is 4.90 Å². The van der Waals surface area contributed by atoms with Gasteiger partial charge in [-0.2, -0.15) is 0 Å². The lowest BCUT2D eigenvalue weighted by molar-refractivity contribution is -0.384. The van der Waals surface area contributed by atoms with Crippen molar-refractivity contribution in [2.45, 2.75) is 38.6 Å². The number of hydrogen-bond acceptors (Lipinski definition) is 4. The topological polar surface area (TPSA) is 89.5 Å². The molecule has 1 aromatic carbocycles. The van der Waals surface area contributed by atoms with E-state index in [9.17, 15) is 14.9 Å². The first-order valence-electron chi connectivity index (χ1n) is 6.89. The van der Waals surface area contributed by atoms with Gasteiger partial charge in [-0.05, 0) is 25.3 Å². The molecule has 1 aliphatic carbocycles. The van der Waals surface area contributed by atoms with Gasteiger partial charge in [0.25, 0.3) is 11.6 Å². The predicted octanol–water partition coefficient (Wildman–Crippen LogP) is 2.58. The van der Waals surface area contributed by atoms with E-state index in [1.165, 1.54) is 18.2 Å². The number of carbonyl (C=O) groups excluding carboxylic acids is 1. The molecule has 6 heteroatoms. The number of nitrogens with two attached hydrogens (primary N) is 1. The highest BCUT2D eigenvalue weighted by Gasteiger charge is 2.33. The molecule has 0 aromatic heterocycles. The Hall–Kier alpha value is -2.11. The number of nitrogens with zero attached hydrogens (tertiary/aromatic N) is 2.